The van der Waals surface area contributed by atoms with Crippen molar-refractivity contribution >= 4 is 11.2 Å². The second-order valence-electron chi connectivity index (χ2n) is 7.39. The van der Waals surface area contributed by atoms with Gasteiger partial charge in [-0.2, -0.15) is 15.4 Å². The van der Waals surface area contributed by atoms with Crippen molar-refractivity contribution in [3.05, 3.63) is 77.5 Å². The van der Waals surface area contributed by atoms with E-state index < -0.39 is 5.82 Å². The zero-order valence-corrected chi connectivity index (χ0v) is 18.0. The number of aromatic amines is 1. The quantitative estimate of drug-likeness (QED) is 0.409. The van der Waals surface area contributed by atoms with Gasteiger partial charge in [-0.1, -0.05) is 18.2 Å². The van der Waals surface area contributed by atoms with E-state index in [1.54, 1.807) is 30.1 Å². The van der Waals surface area contributed by atoms with Gasteiger partial charge in [-0.05, 0) is 41.5 Å². The van der Waals surface area contributed by atoms with E-state index >= 15 is 0 Å². The second-order valence-corrected chi connectivity index (χ2v) is 7.39. The number of H-pyrrole nitrogens is 1. The predicted molar refractivity (Wildman–Crippen MR) is 119 cm³/mol. The first-order valence-electron chi connectivity index (χ1n) is 10.2. The van der Waals surface area contributed by atoms with E-state index in [2.05, 4.69) is 20.4 Å². The minimum atomic E-state index is -0.423. The normalized spacial score (nSPS) is 11.1. The SMILES string of the molecule is COc1ccc(Cn2nc(Cc3ccc(OC)c(F)c3)nc2-c2cnc3n[nH]nc3c2)cc1. The summed E-state index contributed by atoms with van der Waals surface area (Å²) in [6.07, 6.45) is 2.05. The Morgan fingerprint density at radius 1 is 0.970 bits per heavy atom. The largest absolute Gasteiger partial charge is 0.497 e. The molecule has 5 rings (SSSR count). The Hall–Kier alpha value is -4.34. The first kappa shape index (κ1) is 20.6. The third-order valence-electron chi connectivity index (χ3n) is 5.22. The number of nitrogens with one attached hydrogen (secondary N) is 1. The molecule has 0 unspecified atom stereocenters. The maximum absolute atomic E-state index is 14.2. The monoisotopic (exact) mass is 445 g/mol. The molecule has 0 aliphatic heterocycles. The minimum Gasteiger partial charge on any atom is -0.497 e. The highest BCUT2D eigenvalue weighted by Gasteiger charge is 2.16. The molecule has 9 nitrogen and oxygen atoms in total. The van der Waals surface area contributed by atoms with Gasteiger partial charge in [0, 0.05) is 18.2 Å². The summed E-state index contributed by atoms with van der Waals surface area (Å²) in [5.74, 6) is 1.74. The fraction of sp³-hybridized carbons (Fsp3) is 0.174. The Kier molecular flexibility index (Phi) is 5.39. The minimum absolute atomic E-state index is 0.199. The number of nitrogens with zero attached hydrogens (tertiary/aromatic N) is 6. The third-order valence-corrected chi connectivity index (χ3v) is 5.22. The van der Waals surface area contributed by atoms with E-state index in [1.807, 2.05) is 30.3 Å². The molecule has 0 radical (unpaired) electrons. The van der Waals surface area contributed by atoms with Crippen LogP contribution in [0.3, 0.4) is 0 Å². The number of aromatic nitrogens is 7. The summed E-state index contributed by atoms with van der Waals surface area (Å²) in [6.45, 7) is 0.486. The molecule has 0 aliphatic rings. The highest BCUT2D eigenvalue weighted by Crippen LogP contribution is 2.23. The number of pyridine rings is 1. The summed E-state index contributed by atoms with van der Waals surface area (Å²) in [7, 11) is 3.07. The van der Waals surface area contributed by atoms with Crippen LogP contribution in [0.5, 0.6) is 11.5 Å². The molecule has 0 saturated carbocycles. The van der Waals surface area contributed by atoms with E-state index in [9.17, 15) is 4.39 Å². The molecule has 5 aromatic rings. The number of hydrogen-bond acceptors (Lipinski definition) is 7. The lowest BCUT2D eigenvalue weighted by Gasteiger charge is -2.07. The molecule has 10 heteroatoms. The number of rotatable bonds is 7. The Morgan fingerprint density at radius 3 is 2.55 bits per heavy atom. The number of ether oxygens (including phenoxy) is 2. The van der Waals surface area contributed by atoms with Crippen LogP contribution in [0.1, 0.15) is 17.0 Å². The number of hydrogen-bond donors (Lipinski definition) is 1. The van der Waals surface area contributed by atoms with Crippen LogP contribution < -0.4 is 9.47 Å². The first-order chi connectivity index (χ1) is 16.1. The zero-order chi connectivity index (χ0) is 22.8. The van der Waals surface area contributed by atoms with E-state index in [0.717, 1.165) is 22.4 Å². The van der Waals surface area contributed by atoms with Gasteiger partial charge in [0.05, 0.1) is 20.8 Å². The maximum Gasteiger partial charge on any atom is 0.201 e. The highest BCUT2D eigenvalue weighted by atomic mass is 19.1. The summed E-state index contributed by atoms with van der Waals surface area (Å²) in [6, 6.07) is 14.4. The van der Waals surface area contributed by atoms with Gasteiger partial charge in [0.15, 0.2) is 23.2 Å². The molecule has 0 aliphatic carbocycles. The van der Waals surface area contributed by atoms with E-state index in [-0.39, 0.29) is 5.75 Å². The smallest absolute Gasteiger partial charge is 0.201 e. The van der Waals surface area contributed by atoms with Crippen LogP contribution >= 0.6 is 0 Å². The van der Waals surface area contributed by atoms with E-state index in [4.69, 9.17) is 19.6 Å². The van der Waals surface area contributed by atoms with Gasteiger partial charge in [-0.25, -0.2) is 19.0 Å². The zero-order valence-electron chi connectivity index (χ0n) is 18.0. The molecule has 3 heterocycles. The lowest BCUT2D eigenvalue weighted by atomic mass is 10.1. The fourth-order valence-corrected chi connectivity index (χ4v) is 3.56. The molecule has 1 N–H and O–H groups in total. The summed E-state index contributed by atoms with van der Waals surface area (Å²) in [4.78, 5) is 9.09. The summed E-state index contributed by atoms with van der Waals surface area (Å²) < 4.78 is 26.2. The fourth-order valence-electron chi connectivity index (χ4n) is 3.56. The van der Waals surface area contributed by atoms with Crippen molar-refractivity contribution in [2.24, 2.45) is 0 Å². The molecule has 0 spiro atoms. The molecule has 33 heavy (non-hydrogen) atoms. The molecule has 0 bridgehead atoms. The molecule has 0 saturated heterocycles. The Labute approximate surface area is 188 Å². The molecular weight excluding hydrogens is 425 g/mol. The Morgan fingerprint density at radius 2 is 1.79 bits per heavy atom. The van der Waals surface area contributed by atoms with Crippen molar-refractivity contribution in [1.29, 1.82) is 0 Å². The number of fused-ring (bicyclic) bond motifs is 1. The third kappa shape index (κ3) is 4.22. The van der Waals surface area contributed by atoms with Crippen molar-refractivity contribution in [2.75, 3.05) is 14.2 Å². The van der Waals surface area contributed by atoms with Crippen LogP contribution in [0.15, 0.2) is 54.7 Å². The van der Waals surface area contributed by atoms with Crippen molar-refractivity contribution in [3.63, 3.8) is 0 Å². The molecule has 0 fully saturated rings. The second kappa shape index (κ2) is 8.65. The first-order valence-corrected chi connectivity index (χ1v) is 10.2. The van der Waals surface area contributed by atoms with Gasteiger partial charge < -0.3 is 9.47 Å². The molecule has 0 atom stereocenters. The molecule has 3 aromatic heterocycles. The highest BCUT2D eigenvalue weighted by molar-refractivity contribution is 5.74. The van der Waals surface area contributed by atoms with Gasteiger partial charge in [0.25, 0.3) is 0 Å². The van der Waals surface area contributed by atoms with Crippen LogP contribution in [0.4, 0.5) is 4.39 Å². The van der Waals surface area contributed by atoms with Crippen molar-refractivity contribution in [2.45, 2.75) is 13.0 Å². The summed E-state index contributed by atoms with van der Waals surface area (Å²) in [5, 5.41) is 15.4. The average molecular weight is 445 g/mol. The van der Waals surface area contributed by atoms with Gasteiger partial charge in [0.2, 0.25) is 5.65 Å². The standard InChI is InChI=1S/C23H20FN7O2/c1-32-17-6-3-14(4-7-17)13-31-23(16-11-19-22(25-12-16)28-30-27-19)26-21(29-31)10-15-5-8-20(33-2)18(24)9-15/h3-9,11-12H,10,13H2,1-2H3,(H,25,27,28,30). The van der Waals surface area contributed by atoms with Crippen molar-refractivity contribution < 1.29 is 13.9 Å². The van der Waals surface area contributed by atoms with E-state index in [0.29, 0.717) is 35.8 Å². The molecule has 166 valence electrons. The predicted octanol–water partition coefficient (Wildman–Crippen LogP) is 3.41. The van der Waals surface area contributed by atoms with E-state index in [1.165, 1.54) is 13.2 Å². The Balaban J connectivity index is 1.51. The van der Waals surface area contributed by atoms with Gasteiger partial charge >= 0.3 is 0 Å². The molecule has 0 amide bonds. The Bertz CT molecular complexity index is 1410. The number of benzene rings is 2. The van der Waals surface area contributed by atoms with Crippen molar-refractivity contribution in [1.82, 2.24) is 35.2 Å². The van der Waals surface area contributed by atoms with Crippen LogP contribution in [-0.4, -0.2) is 49.4 Å². The van der Waals surface area contributed by atoms with Gasteiger partial charge in [-0.3, -0.25) is 0 Å². The number of methoxy groups -OCH3 is 2. The lowest BCUT2D eigenvalue weighted by Crippen LogP contribution is -2.05. The number of halogens is 1. The lowest BCUT2D eigenvalue weighted by molar-refractivity contribution is 0.386. The molecule has 2 aromatic carbocycles. The molecular formula is C23H20FN7O2. The average Bonchev–Trinajstić information content (AvgIpc) is 3.46. The van der Waals surface area contributed by atoms with Gasteiger partial charge in [-0.15, -0.1) is 5.10 Å². The van der Waals surface area contributed by atoms with Gasteiger partial charge in [0.1, 0.15) is 11.3 Å². The summed E-state index contributed by atoms with van der Waals surface area (Å²) in [5.41, 5.74) is 3.68. The van der Waals surface area contributed by atoms with Crippen LogP contribution in [-0.2, 0) is 13.0 Å². The van der Waals surface area contributed by atoms with Crippen LogP contribution in [0.25, 0.3) is 22.6 Å². The topological polar surface area (TPSA) is 104 Å². The maximum atomic E-state index is 14.2. The van der Waals surface area contributed by atoms with Crippen molar-refractivity contribution in [3.8, 4) is 22.9 Å². The summed E-state index contributed by atoms with van der Waals surface area (Å²) >= 11 is 0. The van der Waals surface area contributed by atoms with Crippen LogP contribution in [0, 0.1) is 5.82 Å². The van der Waals surface area contributed by atoms with Crippen LogP contribution in [0.2, 0.25) is 0 Å².